The predicted octanol–water partition coefficient (Wildman–Crippen LogP) is 6.78. The first kappa shape index (κ1) is 17.3. The summed E-state index contributed by atoms with van der Waals surface area (Å²) >= 11 is 0. The van der Waals surface area contributed by atoms with E-state index in [4.69, 9.17) is 0 Å². The van der Waals surface area contributed by atoms with Crippen LogP contribution in [0.4, 0.5) is 11.4 Å². The predicted molar refractivity (Wildman–Crippen MR) is 115 cm³/mol. The minimum atomic E-state index is 0.666. The maximum atomic E-state index is 2.67. The average molecular weight is 362 g/mol. The monoisotopic (exact) mass is 361 g/mol. The number of hydrogen-bond donors (Lipinski definition) is 0. The third-order valence-electron chi connectivity index (χ3n) is 7.10. The van der Waals surface area contributed by atoms with Crippen LogP contribution in [0.25, 0.3) is 10.8 Å². The van der Waals surface area contributed by atoms with Crippen LogP contribution in [0, 0.1) is 0 Å². The fourth-order valence-corrected chi connectivity index (χ4v) is 5.64. The second-order valence-corrected chi connectivity index (χ2v) is 8.87. The summed E-state index contributed by atoms with van der Waals surface area (Å²) in [4.78, 5) is 2.67. The van der Waals surface area contributed by atoms with E-state index in [1.807, 2.05) is 0 Å². The fourth-order valence-electron chi connectivity index (χ4n) is 5.64. The van der Waals surface area contributed by atoms with Gasteiger partial charge in [-0.1, -0.05) is 49.9 Å². The summed E-state index contributed by atoms with van der Waals surface area (Å²) in [5.74, 6) is 0. The van der Waals surface area contributed by atoms with Crippen LogP contribution in [0.1, 0.15) is 77.0 Å². The van der Waals surface area contributed by atoms with Crippen molar-refractivity contribution in [3.8, 4) is 0 Å². The van der Waals surface area contributed by atoms with Crippen molar-refractivity contribution in [3.63, 3.8) is 0 Å². The zero-order valence-electron chi connectivity index (χ0n) is 16.6. The molecule has 2 aromatic rings. The van der Waals surface area contributed by atoms with Gasteiger partial charge in [0.1, 0.15) is 23.5 Å². The molecule has 27 heavy (non-hydrogen) atoms. The molecule has 1 aliphatic heterocycles. The Balaban J connectivity index is 1.63. The van der Waals surface area contributed by atoms with Gasteiger partial charge in [-0.05, 0) is 68.9 Å². The molecule has 0 unspecified atom stereocenters. The Bertz CT molecular complexity index is 816. The molecule has 2 nitrogen and oxygen atoms in total. The van der Waals surface area contributed by atoms with Crippen LogP contribution >= 0.6 is 0 Å². The van der Waals surface area contributed by atoms with Crippen LogP contribution < -0.4 is 4.90 Å². The lowest BCUT2D eigenvalue weighted by atomic mass is 9.99. The molecule has 1 heterocycles. The van der Waals surface area contributed by atoms with E-state index in [0.717, 1.165) is 0 Å². The lowest BCUT2D eigenvalue weighted by molar-refractivity contribution is -0.482. The van der Waals surface area contributed by atoms with Crippen LogP contribution in [-0.4, -0.2) is 23.0 Å². The maximum absolute atomic E-state index is 2.67. The van der Waals surface area contributed by atoms with E-state index in [1.165, 1.54) is 99.2 Å². The van der Waals surface area contributed by atoms with Crippen molar-refractivity contribution >= 4 is 28.5 Å². The fraction of sp³-hybridized carbons (Fsp3) is 0.560. The highest BCUT2D eigenvalue weighted by atomic mass is 15.3. The molecule has 2 heteroatoms. The Morgan fingerprint density at radius 2 is 1.33 bits per heavy atom. The van der Waals surface area contributed by atoms with Crippen molar-refractivity contribution in [2.45, 2.75) is 89.1 Å². The molecule has 5 rings (SSSR count). The molecule has 0 saturated heterocycles. The maximum Gasteiger partial charge on any atom is 0.244 e. The van der Waals surface area contributed by atoms with E-state index in [0.29, 0.717) is 12.1 Å². The molecule has 2 fully saturated rings. The zero-order chi connectivity index (χ0) is 18.1. The summed E-state index contributed by atoms with van der Waals surface area (Å²) in [6, 6.07) is 15.1. The zero-order valence-corrected chi connectivity index (χ0v) is 16.6. The number of hydrogen-bond acceptors (Lipinski definition) is 1. The van der Waals surface area contributed by atoms with Gasteiger partial charge in [-0.25, -0.2) is 9.48 Å². The lowest BCUT2D eigenvalue weighted by Gasteiger charge is -2.31. The second kappa shape index (κ2) is 7.66. The molecule has 0 atom stereocenters. The van der Waals surface area contributed by atoms with Gasteiger partial charge in [0.15, 0.2) is 0 Å². The third-order valence-corrected chi connectivity index (χ3v) is 7.10. The SMILES string of the molecule is C1=[N+](C2CCCCCC2)c2cccc3cccc(c23)N1C1CCCCCC1. The first-order chi connectivity index (χ1) is 13.4. The minimum absolute atomic E-state index is 0.666. The number of benzene rings is 2. The van der Waals surface area contributed by atoms with Gasteiger partial charge in [0.2, 0.25) is 6.34 Å². The number of rotatable bonds is 2. The molecule has 0 radical (unpaired) electrons. The van der Waals surface area contributed by atoms with Crippen molar-refractivity contribution in [2.75, 3.05) is 4.90 Å². The second-order valence-electron chi connectivity index (χ2n) is 8.87. The molecule has 2 aliphatic carbocycles. The lowest BCUT2D eigenvalue weighted by Crippen LogP contribution is -2.41. The average Bonchev–Trinajstić information content (AvgIpc) is 3.14. The minimum Gasteiger partial charge on any atom is -0.230 e. The van der Waals surface area contributed by atoms with Gasteiger partial charge in [0, 0.05) is 0 Å². The molecule has 0 N–H and O–H groups in total. The van der Waals surface area contributed by atoms with E-state index in [2.05, 4.69) is 52.2 Å². The van der Waals surface area contributed by atoms with E-state index in [9.17, 15) is 0 Å². The Morgan fingerprint density at radius 3 is 2.04 bits per heavy atom. The smallest absolute Gasteiger partial charge is 0.230 e. The van der Waals surface area contributed by atoms with E-state index >= 15 is 0 Å². The molecule has 0 bridgehead atoms. The van der Waals surface area contributed by atoms with Gasteiger partial charge in [-0.15, -0.1) is 0 Å². The first-order valence-corrected chi connectivity index (χ1v) is 11.4. The first-order valence-electron chi connectivity index (χ1n) is 11.4. The van der Waals surface area contributed by atoms with Gasteiger partial charge in [-0.3, -0.25) is 0 Å². The molecular formula is C25H33N2+. The Morgan fingerprint density at radius 1 is 0.704 bits per heavy atom. The molecule has 0 spiro atoms. The normalized spacial score (nSPS) is 22.4. The van der Waals surface area contributed by atoms with Crippen molar-refractivity contribution < 1.29 is 4.58 Å². The Hall–Kier alpha value is -1.83. The summed E-state index contributed by atoms with van der Waals surface area (Å²) in [6.07, 6.45) is 19.1. The van der Waals surface area contributed by atoms with Crippen LogP contribution in [0.5, 0.6) is 0 Å². The molecule has 0 amide bonds. The van der Waals surface area contributed by atoms with Crippen LogP contribution in [0.2, 0.25) is 0 Å². The van der Waals surface area contributed by atoms with Crippen LogP contribution in [0.3, 0.4) is 0 Å². The summed E-state index contributed by atoms with van der Waals surface area (Å²) < 4.78 is 2.67. The summed E-state index contributed by atoms with van der Waals surface area (Å²) in [5.41, 5.74) is 2.89. The van der Waals surface area contributed by atoms with Crippen LogP contribution in [-0.2, 0) is 0 Å². The molecule has 2 aromatic carbocycles. The van der Waals surface area contributed by atoms with Crippen molar-refractivity contribution in [3.05, 3.63) is 36.4 Å². The molecule has 142 valence electrons. The van der Waals surface area contributed by atoms with Crippen molar-refractivity contribution in [2.24, 2.45) is 0 Å². The topological polar surface area (TPSA) is 6.25 Å². The van der Waals surface area contributed by atoms with Gasteiger partial charge in [-0.2, -0.15) is 0 Å². The highest BCUT2D eigenvalue weighted by Gasteiger charge is 2.34. The van der Waals surface area contributed by atoms with Gasteiger partial charge < -0.3 is 0 Å². The standard InChI is InChI=1S/C25H33N2/c1-2-6-14-21(13-5-1)26-19-27(22-15-7-3-4-8-16-22)24-18-10-12-20-11-9-17-23(26)25(20)24/h9-12,17-19,21-22H,1-8,13-16H2/q+1. The van der Waals surface area contributed by atoms with Crippen LogP contribution in [0.15, 0.2) is 36.4 Å². The number of anilines is 1. The molecule has 0 aromatic heterocycles. The highest BCUT2D eigenvalue weighted by molar-refractivity contribution is 6.06. The largest absolute Gasteiger partial charge is 0.244 e. The van der Waals surface area contributed by atoms with Crippen molar-refractivity contribution in [1.29, 1.82) is 0 Å². The molecule has 2 saturated carbocycles. The molecular weight excluding hydrogens is 328 g/mol. The van der Waals surface area contributed by atoms with Gasteiger partial charge in [0.25, 0.3) is 0 Å². The summed E-state index contributed by atoms with van der Waals surface area (Å²) in [5, 5.41) is 2.88. The molecule has 3 aliphatic rings. The summed E-state index contributed by atoms with van der Waals surface area (Å²) in [7, 11) is 0. The summed E-state index contributed by atoms with van der Waals surface area (Å²) in [6.45, 7) is 0. The Labute approximate surface area is 163 Å². The highest BCUT2D eigenvalue weighted by Crippen LogP contribution is 2.41. The number of nitrogens with zero attached hydrogens (tertiary/aromatic N) is 2. The van der Waals surface area contributed by atoms with E-state index in [1.54, 1.807) is 0 Å². The Kier molecular flexibility index (Phi) is 4.90. The van der Waals surface area contributed by atoms with E-state index < -0.39 is 0 Å². The quantitative estimate of drug-likeness (QED) is 0.422. The van der Waals surface area contributed by atoms with Crippen molar-refractivity contribution in [1.82, 2.24) is 0 Å². The van der Waals surface area contributed by atoms with Gasteiger partial charge >= 0.3 is 0 Å². The third kappa shape index (κ3) is 3.28. The van der Waals surface area contributed by atoms with Gasteiger partial charge in [0.05, 0.1) is 5.39 Å². The van der Waals surface area contributed by atoms with E-state index in [-0.39, 0.29) is 0 Å².